The summed E-state index contributed by atoms with van der Waals surface area (Å²) < 4.78 is 30.2. The summed E-state index contributed by atoms with van der Waals surface area (Å²) in [6.07, 6.45) is -0.645. The molecule has 6 heteroatoms. The van der Waals surface area contributed by atoms with Crippen LogP contribution in [0.5, 0.6) is 0 Å². The molecule has 0 aromatic heterocycles. The molecule has 0 saturated carbocycles. The van der Waals surface area contributed by atoms with Gasteiger partial charge in [0.05, 0.1) is 0 Å². The van der Waals surface area contributed by atoms with Gasteiger partial charge in [0, 0.05) is 12.0 Å². The van der Waals surface area contributed by atoms with Gasteiger partial charge in [-0.05, 0) is 6.92 Å². The average molecular weight is 170 g/mol. The third-order valence-corrected chi connectivity index (χ3v) is 3.19. The minimum atomic E-state index is -3.29. The number of rotatable bonds is 0. The van der Waals surface area contributed by atoms with Crippen molar-refractivity contribution in [2.75, 3.05) is 5.08 Å². The molecule has 1 aliphatic rings. The van der Waals surface area contributed by atoms with Gasteiger partial charge in [-0.25, -0.2) is 4.18 Å². The van der Waals surface area contributed by atoms with Crippen LogP contribution in [0.2, 0.25) is 0 Å². The summed E-state index contributed by atoms with van der Waals surface area (Å²) in [5.74, 6) is 0. The first-order valence-electron chi connectivity index (χ1n) is 2.29. The van der Waals surface area contributed by atoms with Crippen molar-refractivity contribution in [1.29, 1.82) is 0 Å². The number of hydrogen-bond acceptors (Lipinski definition) is 5. The second-order valence-corrected chi connectivity index (χ2v) is 4.23. The predicted molar refractivity (Wildman–Crippen MR) is 33.0 cm³/mol. The lowest BCUT2D eigenvalue weighted by molar-refractivity contribution is 0.0420. The van der Waals surface area contributed by atoms with Crippen molar-refractivity contribution in [2.24, 2.45) is 0 Å². The van der Waals surface area contributed by atoms with Crippen LogP contribution in [0.4, 0.5) is 0 Å². The molecule has 9 heavy (non-hydrogen) atoms. The monoisotopic (exact) mass is 170 g/mol. The molecule has 1 rings (SSSR count). The second-order valence-electron chi connectivity index (χ2n) is 1.55. The molecule has 0 aromatic carbocycles. The maximum Gasteiger partial charge on any atom is 0.281 e. The molecule has 0 bridgehead atoms. The molecule has 1 saturated heterocycles. The van der Waals surface area contributed by atoms with Gasteiger partial charge >= 0.3 is 0 Å². The fourth-order valence-electron chi connectivity index (χ4n) is 0.433. The van der Waals surface area contributed by atoms with Crippen LogP contribution in [-0.2, 0) is 18.5 Å². The molecule has 1 unspecified atom stereocenters. The van der Waals surface area contributed by atoms with Gasteiger partial charge < -0.3 is 0 Å². The highest BCUT2D eigenvalue weighted by molar-refractivity contribution is 8.08. The van der Waals surface area contributed by atoms with Gasteiger partial charge in [-0.15, -0.1) is 0 Å². The minimum absolute atomic E-state index is 0.114. The van der Waals surface area contributed by atoms with Crippen molar-refractivity contribution in [3.8, 4) is 0 Å². The first-order chi connectivity index (χ1) is 4.10. The average Bonchev–Trinajstić information content (AvgIpc) is 1.60. The van der Waals surface area contributed by atoms with Crippen molar-refractivity contribution in [1.82, 2.24) is 0 Å². The van der Waals surface area contributed by atoms with Crippen LogP contribution in [0, 0.1) is 0 Å². The third-order valence-electron chi connectivity index (χ3n) is 0.678. The van der Waals surface area contributed by atoms with Crippen molar-refractivity contribution in [3.05, 3.63) is 0 Å². The van der Waals surface area contributed by atoms with Gasteiger partial charge in [-0.3, -0.25) is 4.18 Å². The zero-order valence-corrected chi connectivity index (χ0v) is 6.37. The van der Waals surface area contributed by atoms with Crippen LogP contribution < -0.4 is 0 Å². The van der Waals surface area contributed by atoms with Crippen molar-refractivity contribution in [2.45, 2.75) is 13.2 Å². The first-order valence-corrected chi connectivity index (χ1v) is 4.78. The van der Waals surface area contributed by atoms with Crippen LogP contribution in [0.3, 0.4) is 0 Å². The molecule has 1 atom stereocenters. The molecular formula is C3H6O4S2. The lowest BCUT2D eigenvalue weighted by atomic mass is 10.8. The zero-order chi connectivity index (χ0) is 6.91. The van der Waals surface area contributed by atoms with E-state index in [0.29, 0.717) is 0 Å². The molecule has 1 heterocycles. The van der Waals surface area contributed by atoms with Gasteiger partial charge in [-0.1, -0.05) is 0 Å². The summed E-state index contributed by atoms with van der Waals surface area (Å²) in [5, 5.41) is -0.114. The summed E-state index contributed by atoms with van der Waals surface area (Å²) in [4.78, 5) is 0. The smallest absolute Gasteiger partial charge is 0.281 e. The van der Waals surface area contributed by atoms with Crippen LogP contribution in [0.1, 0.15) is 6.92 Å². The summed E-state index contributed by atoms with van der Waals surface area (Å²) in [5.41, 5.74) is 0. The Hall–Kier alpha value is 0.220. The summed E-state index contributed by atoms with van der Waals surface area (Å²) in [6.45, 7) is 1.53. The molecule has 0 N–H and O–H groups in total. The van der Waals surface area contributed by atoms with E-state index in [1.54, 1.807) is 0 Å². The lowest BCUT2D eigenvalue weighted by Gasteiger charge is -2.16. The van der Waals surface area contributed by atoms with Crippen LogP contribution in [-0.4, -0.2) is 19.8 Å². The Balaban J connectivity index is 2.62. The molecule has 0 amide bonds. The molecule has 0 aromatic rings. The van der Waals surface area contributed by atoms with Gasteiger partial charge in [0.15, 0.2) is 6.29 Å². The standard InChI is InChI=1S/C3H6O4S2/c1-3-6-8-2-9(4,5)7-3/h3H,2H2,1H3. The fraction of sp³-hybridized carbons (Fsp3) is 1.00. The Labute approximate surface area is 57.9 Å². The summed E-state index contributed by atoms with van der Waals surface area (Å²) in [7, 11) is -3.29. The Bertz CT molecular complexity index is 184. The topological polar surface area (TPSA) is 52.6 Å². The van der Waals surface area contributed by atoms with Crippen LogP contribution >= 0.6 is 12.0 Å². The van der Waals surface area contributed by atoms with E-state index in [9.17, 15) is 8.42 Å². The maximum absolute atomic E-state index is 10.5. The molecular weight excluding hydrogens is 164 g/mol. The van der Waals surface area contributed by atoms with Gasteiger partial charge in [0.1, 0.15) is 5.08 Å². The molecule has 0 radical (unpaired) electrons. The summed E-state index contributed by atoms with van der Waals surface area (Å²) >= 11 is 0.897. The lowest BCUT2D eigenvalue weighted by Crippen LogP contribution is -2.22. The Kier molecular flexibility index (Phi) is 2.00. The van der Waals surface area contributed by atoms with Crippen LogP contribution in [0.25, 0.3) is 0 Å². The second kappa shape index (κ2) is 2.45. The SMILES string of the molecule is CC1OSCS(=O)(=O)O1. The molecule has 0 aliphatic carbocycles. The highest BCUT2D eigenvalue weighted by atomic mass is 32.3. The fourth-order valence-corrected chi connectivity index (χ4v) is 2.08. The van der Waals surface area contributed by atoms with Crippen molar-refractivity contribution < 1.29 is 16.8 Å². The third kappa shape index (κ3) is 2.13. The van der Waals surface area contributed by atoms with E-state index in [0.717, 1.165) is 12.0 Å². The van der Waals surface area contributed by atoms with Gasteiger partial charge in [0.2, 0.25) is 0 Å². The first kappa shape index (κ1) is 7.33. The zero-order valence-electron chi connectivity index (χ0n) is 4.73. The normalized spacial score (nSPS) is 34.1. The largest absolute Gasteiger partial charge is 0.282 e. The highest BCUT2D eigenvalue weighted by Gasteiger charge is 2.23. The van der Waals surface area contributed by atoms with Crippen molar-refractivity contribution >= 4 is 22.2 Å². The van der Waals surface area contributed by atoms with E-state index in [1.165, 1.54) is 6.92 Å². The van der Waals surface area contributed by atoms with E-state index in [2.05, 4.69) is 4.18 Å². The molecule has 0 spiro atoms. The molecule has 54 valence electrons. The predicted octanol–water partition coefficient (Wildman–Crippen LogP) is 0.315. The van der Waals surface area contributed by atoms with E-state index in [1.807, 2.05) is 0 Å². The molecule has 1 fully saturated rings. The van der Waals surface area contributed by atoms with E-state index in [4.69, 9.17) is 4.18 Å². The Morgan fingerprint density at radius 1 is 1.67 bits per heavy atom. The molecule has 1 aliphatic heterocycles. The van der Waals surface area contributed by atoms with Gasteiger partial charge in [-0.2, -0.15) is 8.42 Å². The van der Waals surface area contributed by atoms with E-state index >= 15 is 0 Å². The van der Waals surface area contributed by atoms with E-state index in [-0.39, 0.29) is 5.08 Å². The van der Waals surface area contributed by atoms with E-state index < -0.39 is 16.4 Å². The minimum Gasteiger partial charge on any atom is -0.282 e. The Morgan fingerprint density at radius 2 is 2.33 bits per heavy atom. The van der Waals surface area contributed by atoms with Crippen molar-refractivity contribution in [3.63, 3.8) is 0 Å². The quantitative estimate of drug-likeness (QED) is 0.387. The molecule has 4 nitrogen and oxygen atoms in total. The van der Waals surface area contributed by atoms with Crippen LogP contribution in [0.15, 0.2) is 0 Å². The number of hydrogen-bond donors (Lipinski definition) is 0. The Morgan fingerprint density at radius 3 is 2.67 bits per heavy atom. The summed E-state index contributed by atoms with van der Waals surface area (Å²) in [6, 6.07) is 0. The maximum atomic E-state index is 10.5. The highest BCUT2D eigenvalue weighted by Crippen LogP contribution is 2.20. The van der Waals surface area contributed by atoms with Gasteiger partial charge in [0.25, 0.3) is 10.1 Å².